The summed E-state index contributed by atoms with van der Waals surface area (Å²) < 4.78 is 12.0. The fourth-order valence-electron chi connectivity index (χ4n) is 4.74. The molecule has 2 heterocycles. The molecule has 2 saturated heterocycles. The van der Waals surface area contributed by atoms with Gasteiger partial charge < -0.3 is 19.7 Å². The predicted molar refractivity (Wildman–Crippen MR) is 146 cm³/mol. The molecular weight excluding hydrogens is 525 g/mol. The molecule has 4 rings (SSSR count). The van der Waals surface area contributed by atoms with Crippen LogP contribution in [0.15, 0.2) is 65.7 Å². The van der Waals surface area contributed by atoms with Crippen molar-refractivity contribution in [3.8, 4) is 0 Å². The summed E-state index contributed by atoms with van der Waals surface area (Å²) in [4.78, 5) is 6.95. The third-order valence-electron chi connectivity index (χ3n) is 6.61. The minimum Gasteiger partial charge on any atom is -0.376 e. The maximum Gasteiger partial charge on any atom is 0.193 e. The van der Waals surface area contributed by atoms with E-state index in [-0.39, 0.29) is 29.9 Å². The van der Waals surface area contributed by atoms with E-state index in [9.17, 15) is 0 Å². The predicted octanol–water partition coefficient (Wildman–Crippen LogP) is 5.06. The van der Waals surface area contributed by atoms with E-state index in [1.165, 1.54) is 24.0 Å². The summed E-state index contributed by atoms with van der Waals surface area (Å²) >= 11 is 0. The van der Waals surface area contributed by atoms with Crippen molar-refractivity contribution in [3.63, 3.8) is 0 Å². The standard InChI is InChI=1S/C27H37N3O2.HI/c1-28-27(30-17-15-24(16-18-30)32-21-25-14-8-9-19-31-25)29-20-26(22-10-4-2-5-11-22)23-12-6-3-7-13-23;/h2-7,10-13,24-26H,8-9,14-21H2,1H3,(H,28,29);1H. The molecule has 2 aromatic carbocycles. The van der Waals surface area contributed by atoms with Crippen molar-refractivity contribution in [2.75, 3.05) is 39.9 Å². The Kier molecular flexibility index (Phi) is 11.0. The molecule has 2 aliphatic rings. The first-order valence-electron chi connectivity index (χ1n) is 12.1. The highest BCUT2D eigenvalue weighted by atomic mass is 127. The highest BCUT2D eigenvalue weighted by molar-refractivity contribution is 14.0. The van der Waals surface area contributed by atoms with Crippen molar-refractivity contribution in [3.05, 3.63) is 71.8 Å². The monoisotopic (exact) mass is 563 g/mol. The van der Waals surface area contributed by atoms with Gasteiger partial charge in [0.1, 0.15) is 0 Å². The van der Waals surface area contributed by atoms with Gasteiger partial charge in [-0.05, 0) is 43.2 Å². The summed E-state index contributed by atoms with van der Waals surface area (Å²) in [6.07, 6.45) is 6.29. The number of aliphatic imine (C=N–C) groups is 1. The molecule has 1 N–H and O–H groups in total. The van der Waals surface area contributed by atoms with Crippen molar-refractivity contribution >= 4 is 29.9 Å². The van der Waals surface area contributed by atoms with E-state index in [1.807, 2.05) is 7.05 Å². The molecule has 2 aliphatic heterocycles. The van der Waals surface area contributed by atoms with Gasteiger partial charge in [0, 0.05) is 39.2 Å². The van der Waals surface area contributed by atoms with Crippen LogP contribution in [0.25, 0.3) is 0 Å². The highest BCUT2D eigenvalue weighted by Crippen LogP contribution is 2.24. The number of halogens is 1. The molecule has 6 heteroatoms. The first-order chi connectivity index (χ1) is 15.8. The maximum absolute atomic E-state index is 6.19. The number of guanidine groups is 1. The number of nitrogens with one attached hydrogen (secondary N) is 1. The van der Waals surface area contributed by atoms with Gasteiger partial charge in [-0.2, -0.15) is 0 Å². The number of benzene rings is 2. The zero-order chi connectivity index (χ0) is 22.0. The molecule has 33 heavy (non-hydrogen) atoms. The highest BCUT2D eigenvalue weighted by Gasteiger charge is 2.24. The van der Waals surface area contributed by atoms with Gasteiger partial charge >= 0.3 is 0 Å². The Morgan fingerprint density at radius 2 is 1.64 bits per heavy atom. The Morgan fingerprint density at radius 1 is 1.00 bits per heavy atom. The molecule has 0 saturated carbocycles. The SMILES string of the molecule is CN=C(NCC(c1ccccc1)c1ccccc1)N1CCC(OCC2CCCCO2)CC1.I. The lowest BCUT2D eigenvalue weighted by molar-refractivity contribution is -0.0721. The van der Waals surface area contributed by atoms with Crippen LogP contribution < -0.4 is 5.32 Å². The van der Waals surface area contributed by atoms with Gasteiger partial charge in [0.05, 0.1) is 18.8 Å². The third kappa shape index (κ3) is 7.69. The zero-order valence-electron chi connectivity index (χ0n) is 19.7. The Labute approximate surface area is 216 Å². The molecule has 0 radical (unpaired) electrons. The van der Waals surface area contributed by atoms with E-state index in [1.54, 1.807) is 0 Å². The molecule has 1 unspecified atom stereocenters. The Hall–Kier alpha value is -1.64. The van der Waals surface area contributed by atoms with Gasteiger partial charge in [-0.15, -0.1) is 24.0 Å². The van der Waals surface area contributed by atoms with Gasteiger partial charge in [-0.3, -0.25) is 4.99 Å². The molecule has 2 aromatic rings. The number of likely N-dealkylation sites (tertiary alicyclic amines) is 1. The average Bonchev–Trinajstić information content (AvgIpc) is 2.88. The van der Waals surface area contributed by atoms with Gasteiger partial charge in [0.25, 0.3) is 0 Å². The fraction of sp³-hybridized carbons (Fsp3) is 0.519. The number of piperidine rings is 1. The molecule has 0 aliphatic carbocycles. The van der Waals surface area contributed by atoms with Crippen molar-refractivity contribution in [2.24, 2.45) is 4.99 Å². The van der Waals surface area contributed by atoms with Crippen LogP contribution >= 0.6 is 24.0 Å². The van der Waals surface area contributed by atoms with E-state index >= 15 is 0 Å². The summed E-state index contributed by atoms with van der Waals surface area (Å²) in [7, 11) is 1.88. The quantitative estimate of drug-likeness (QED) is 0.291. The topological polar surface area (TPSA) is 46.1 Å². The number of hydrogen-bond donors (Lipinski definition) is 1. The van der Waals surface area contributed by atoms with Crippen LogP contribution in [0.1, 0.15) is 49.1 Å². The van der Waals surface area contributed by atoms with Gasteiger partial charge in [0.15, 0.2) is 5.96 Å². The molecule has 5 nitrogen and oxygen atoms in total. The second-order valence-electron chi connectivity index (χ2n) is 8.81. The molecule has 0 spiro atoms. The van der Waals surface area contributed by atoms with Crippen molar-refractivity contribution in [1.82, 2.24) is 10.2 Å². The fourth-order valence-corrected chi connectivity index (χ4v) is 4.74. The largest absolute Gasteiger partial charge is 0.376 e. The first kappa shape index (κ1) is 26.0. The minimum atomic E-state index is 0. The Bertz CT molecular complexity index is 780. The Morgan fingerprint density at radius 3 is 2.18 bits per heavy atom. The molecular formula is C27H38IN3O2. The summed E-state index contributed by atoms with van der Waals surface area (Å²) in [5, 5.41) is 3.65. The lowest BCUT2D eigenvalue weighted by Crippen LogP contribution is -2.48. The molecule has 0 bridgehead atoms. The molecule has 0 amide bonds. The lowest BCUT2D eigenvalue weighted by atomic mass is 9.91. The van der Waals surface area contributed by atoms with Crippen LogP contribution in [0.2, 0.25) is 0 Å². The van der Waals surface area contributed by atoms with E-state index in [0.29, 0.717) is 12.2 Å². The smallest absolute Gasteiger partial charge is 0.193 e. The van der Waals surface area contributed by atoms with Crippen LogP contribution in [0.3, 0.4) is 0 Å². The van der Waals surface area contributed by atoms with E-state index in [0.717, 1.165) is 58.1 Å². The molecule has 2 fully saturated rings. The summed E-state index contributed by atoms with van der Waals surface area (Å²) in [6.45, 7) is 4.39. The number of hydrogen-bond acceptors (Lipinski definition) is 3. The number of nitrogens with zero attached hydrogens (tertiary/aromatic N) is 2. The first-order valence-corrected chi connectivity index (χ1v) is 12.1. The second kappa shape index (κ2) is 13.9. The van der Waals surface area contributed by atoms with Gasteiger partial charge in [-0.25, -0.2) is 0 Å². The molecule has 0 aromatic heterocycles. The van der Waals surface area contributed by atoms with Crippen molar-refractivity contribution in [2.45, 2.75) is 50.2 Å². The average molecular weight is 564 g/mol. The van der Waals surface area contributed by atoms with Gasteiger partial charge in [-0.1, -0.05) is 60.7 Å². The summed E-state index contributed by atoms with van der Waals surface area (Å²) in [6, 6.07) is 21.4. The summed E-state index contributed by atoms with van der Waals surface area (Å²) in [5.74, 6) is 1.27. The van der Waals surface area contributed by atoms with Crippen molar-refractivity contribution in [1.29, 1.82) is 0 Å². The van der Waals surface area contributed by atoms with E-state index in [2.05, 4.69) is 75.9 Å². The van der Waals surface area contributed by atoms with E-state index in [4.69, 9.17) is 9.47 Å². The van der Waals surface area contributed by atoms with Gasteiger partial charge in [0.2, 0.25) is 0 Å². The Balaban J connectivity index is 0.00000306. The molecule has 1 atom stereocenters. The van der Waals surface area contributed by atoms with Crippen LogP contribution in [0.5, 0.6) is 0 Å². The second-order valence-corrected chi connectivity index (χ2v) is 8.81. The number of ether oxygens (including phenoxy) is 2. The van der Waals surface area contributed by atoms with E-state index < -0.39 is 0 Å². The lowest BCUT2D eigenvalue weighted by Gasteiger charge is -2.35. The summed E-state index contributed by atoms with van der Waals surface area (Å²) in [5.41, 5.74) is 2.64. The van der Waals surface area contributed by atoms with Crippen molar-refractivity contribution < 1.29 is 9.47 Å². The molecule has 180 valence electrons. The van der Waals surface area contributed by atoms with Crippen LogP contribution in [-0.2, 0) is 9.47 Å². The zero-order valence-corrected chi connectivity index (χ0v) is 22.0. The normalized spacial score (nSPS) is 19.9. The van der Waals surface area contributed by atoms with Crippen LogP contribution in [-0.4, -0.2) is 63.0 Å². The third-order valence-corrected chi connectivity index (χ3v) is 6.61. The number of rotatable bonds is 7. The van der Waals surface area contributed by atoms with Crippen LogP contribution in [0, 0.1) is 0 Å². The minimum absolute atomic E-state index is 0. The maximum atomic E-state index is 6.19. The van der Waals surface area contributed by atoms with Crippen LogP contribution in [0.4, 0.5) is 0 Å².